The Hall–Kier alpha value is -1.77. The lowest BCUT2D eigenvalue weighted by atomic mass is 9.96. The molecule has 0 spiro atoms. The number of nitrogens with zero attached hydrogens (tertiary/aromatic N) is 1. The van der Waals surface area contributed by atoms with Crippen LogP contribution in [0.15, 0.2) is 46.9 Å². The average Bonchev–Trinajstić information content (AvgIpc) is 2.64. The van der Waals surface area contributed by atoms with Gasteiger partial charge in [0.1, 0.15) is 11.5 Å². The monoisotopic (exact) mass is 444 g/mol. The smallest absolute Gasteiger partial charge is 0.497 e. The molecule has 1 N–H and O–H groups in total. The molecule has 3 rings (SSSR count). The highest BCUT2D eigenvalue weighted by Crippen LogP contribution is 2.37. The van der Waals surface area contributed by atoms with Gasteiger partial charge in [0.15, 0.2) is 0 Å². The van der Waals surface area contributed by atoms with E-state index in [1.165, 1.54) is 12.1 Å². The molecule has 1 atom stereocenters. The molecule has 1 aliphatic rings. The topological polar surface area (TPSA) is 33.7 Å². The Morgan fingerprint density at radius 2 is 1.67 bits per heavy atom. The maximum absolute atomic E-state index is 12.4. The lowest BCUT2D eigenvalue weighted by molar-refractivity contribution is -0.274. The summed E-state index contributed by atoms with van der Waals surface area (Å²) in [5.74, 6) is 0.500. The summed E-state index contributed by atoms with van der Waals surface area (Å²) >= 11 is 3.61. The van der Waals surface area contributed by atoms with Crippen molar-refractivity contribution < 1.29 is 22.6 Å². The summed E-state index contributed by atoms with van der Waals surface area (Å²) in [5, 5.41) is 3.32. The molecule has 0 radical (unpaired) electrons. The first kappa shape index (κ1) is 20.0. The fourth-order valence-corrected chi connectivity index (χ4v) is 3.70. The van der Waals surface area contributed by atoms with Crippen molar-refractivity contribution in [2.75, 3.05) is 33.3 Å². The van der Waals surface area contributed by atoms with Gasteiger partial charge in [-0.25, -0.2) is 0 Å². The SMILES string of the molecule is COc1ccc(Br)c([C@H](c2ccc(OC(F)(F)F)cc2)N2CCNCC2)c1. The minimum Gasteiger partial charge on any atom is -0.497 e. The Labute approximate surface area is 164 Å². The highest BCUT2D eigenvalue weighted by Gasteiger charge is 2.31. The van der Waals surface area contributed by atoms with Crippen molar-refractivity contribution in [1.29, 1.82) is 0 Å². The number of hydrogen-bond acceptors (Lipinski definition) is 4. The zero-order chi connectivity index (χ0) is 19.4. The molecule has 1 aliphatic heterocycles. The summed E-state index contributed by atoms with van der Waals surface area (Å²) in [6, 6.07) is 11.7. The summed E-state index contributed by atoms with van der Waals surface area (Å²) in [7, 11) is 1.61. The van der Waals surface area contributed by atoms with Gasteiger partial charge in [-0.05, 0) is 41.5 Å². The van der Waals surface area contributed by atoms with E-state index in [4.69, 9.17) is 4.74 Å². The van der Waals surface area contributed by atoms with Gasteiger partial charge in [0, 0.05) is 30.7 Å². The van der Waals surface area contributed by atoms with Crippen LogP contribution in [0, 0.1) is 0 Å². The fraction of sp³-hybridized carbons (Fsp3) is 0.368. The lowest BCUT2D eigenvalue weighted by Gasteiger charge is -2.36. The number of halogens is 4. The van der Waals surface area contributed by atoms with Crippen LogP contribution in [0.25, 0.3) is 0 Å². The van der Waals surface area contributed by atoms with Gasteiger partial charge in [-0.15, -0.1) is 13.2 Å². The third-order valence-corrected chi connectivity index (χ3v) is 5.17. The van der Waals surface area contributed by atoms with Crippen LogP contribution in [0.4, 0.5) is 13.2 Å². The largest absolute Gasteiger partial charge is 0.573 e. The molecule has 0 bridgehead atoms. The summed E-state index contributed by atoms with van der Waals surface area (Å²) in [5.41, 5.74) is 1.89. The summed E-state index contributed by atoms with van der Waals surface area (Å²) < 4.78 is 47.6. The highest BCUT2D eigenvalue weighted by atomic mass is 79.9. The molecular weight excluding hydrogens is 425 g/mol. The van der Waals surface area contributed by atoms with Gasteiger partial charge < -0.3 is 14.8 Å². The molecule has 27 heavy (non-hydrogen) atoms. The summed E-state index contributed by atoms with van der Waals surface area (Å²) in [6.45, 7) is 3.37. The van der Waals surface area contributed by atoms with Crippen molar-refractivity contribution >= 4 is 15.9 Å². The van der Waals surface area contributed by atoms with E-state index in [1.807, 2.05) is 18.2 Å². The van der Waals surface area contributed by atoms with E-state index in [0.29, 0.717) is 0 Å². The first-order valence-electron chi connectivity index (χ1n) is 8.51. The van der Waals surface area contributed by atoms with E-state index in [0.717, 1.165) is 47.5 Å². The van der Waals surface area contributed by atoms with Crippen LogP contribution in [-0.2, 0) is 0 Å². The third kappa shape index (κ3) is 5.15. The second kappa shape index (κ2) is 8.50. The first-order valence-corrected chi connectivity index (χ1v) is 9.30. The lowest BCUT2D eigenvalue weighted by Crippen LogP contribution is -2.45. The minimum absolute atomic E-state index is 0.114. The first-order chi connectivity index (χ1) is 12.9. The number of methoxy groups -OCH3 is 1. The molecule has 0 unspecified atom stereocenters. The van der Waals surface area contributed by atoms with Gasteiger partial charge >= 0.3 is 6.36 Å². The Morgan fingerprint density at radius 1 is 1.04 bits per heavy atom. The molecule has 0 aromatic heterocycles. The molecule has 2 aromatic carbocycles. The van der Waals surface area contributed by atoms with Gasteiger partial charge in [0.2, 0.25) is 0 Å². The van der Waals surface area contributed by atoms with E-state index in [9.17, 15) is 13.2 Å². The van der Waals surface area contributed by atoms with Crippen molar-refractivity contribution in [2.24, 2.45) is 0 Å². The minimum atomic E-state index is -4.70. The van der Waals surface area contributed by atoms with E-state index >= 15 is 0 Å². The van der Waals surface area contributed by atoms with E-state index < -0.39 is 6.36 Å². The standard InChI is InChI=1S/C19H20BrF3N2O2/c1-26-15-6-7-17(20)16(12-15)18(25-10-8-24-9-11-25)13-2-4-14(5-3-13)27-19(21,22)23/h2-7,12,18,24H,8-11H2,1H3/t18-/m0/s1. The number of ether oxygens (including phenoxy) is 2. The molecule has 2 aromatic rings. The molecule has 4 nitrogen and oxygen atoms in total. The van der Waals surface area contributed by atoms with Crippen LogP contribution < -0.4 is 14.8 Å². The molecule has 1 saturated heterocycles. The Morgan fingerprint density at radius 3 is 2.26 bits per heavy atom. The van der Waals surface area contributed by atoms with Crippen LogP contribution in [0.2, 0.25) is 0 Å². The maximum atomic E-state index is 12.4. The average molecular weight is 445 g/mol. The zero-order valence-corrected chi connectivity index (χ0v) is 16.3. The number of nitrogens with one attached hydrogen (secondary N) is 1. The van der Waals surface area contributed by atoms with Crippen molar-refractivity contribution in [3.8, 4) is 11.5 Å². The van der Waals surface area contributed by atoms with Crippen LogP contribution in [-0.4, -0.2) is 44.6 Å². The molecule has 0 aliphatic carbocycles. The fourth-order valence-electron chi connectivity index (χ4n) is 3.24. The van der Waals surface area contributed by atoms with Gasteiger partial charge in [-0.1, -0.05) is 28.1 Å². The molecule has 146 valence electrons. The Kier molecular flexibility index (Phi) is 6.29. The normalized spacial score (nSPS) is 16.8. The number of hydrogen-bond donors (Lipinski definition) is 1. The van der Waals surface area contributed by atoms with E-state index in [2.05, 4.69) is 30.9 Å². The quantitative estimate of drug-likeness (QED) is 0.742. The highest BCUT2D eigenvalue weighted by molar-refractivity contribution is 9.10. The van der Waals surface area contributed by atoms with Gasteiger partial charge in [0.25, 0.3) is 0 Å². The second-order valence-corrected chi connectivity index (χ2v) is 7.05. The Balaban J connectivity index is 1.97. The molecule has 8 heteroatoms. The number of piperazine rings is 1. The van der Waals surface area contributed by atoms with Crippen LogP contribution in [0.5, 0.6) is 11.5 Å². The van der Waals surface area contributed by atoms with Gasteiger partial charge in [-0.2, -0.15) is 0 Å². The van der Waals surface area contributed by atoms with Crippen LogP contribution in [0.1, 0.15) is 17.2 Å². The van der Waals surface area contributed by atoms with Crippen molar-refractivity contribution in [1.82, 2.24) is 10.2 Å². The Bertz CT molecular complexity index is 763. The maximum Gasteiger partial charge on any atom is 0.573 e. The van der Waals surface area contributed by atoms with Crippen molar-refractivity contribution in [3.05, 3.63) is 58.1 Å². The molecule has 1 fully saturated rings. The molecular formula is C19H20BrF3N2O2. The molecule has 0 amide bonds. The number of alkyl halides is 3. The van der Waals surface area contributed by atoms with Gasteiger partial charge in [-0.3, -0.25) is 4.90 Å². The number of benzene rings is 2. The molecule has 0 saturated carbocycles. The van der Waals surface area contributed by atoms with E-state index in [1.54, 1.807) is 19.2 Å². The molecule has 1 heterocycles. The van der Waals surface area contributed by atoms with Crippen LogP contribution >= 0.6 is 15.9 Å². The predicted octanol–water partition coefficient (Wildman–Crippen LogP) is 4.35. The van der Waals surface area contributed by atoms with Crippen LogP contribution in [0.3, 0.4) is 0 Å². The number of rotatable bonds is 5. The zero-order valence-electron chi connectivity index (χ0n) is 14.7. The summed E-state index contributed by atoms with van der Waals surface area (Å²) in [6.07, 6.45) is -4.70. The third-order valence-electron chi connectivity index (χ3n) is 4.44. The summed E-state index contributed by atoms with van der Waals surface area (Å²) in [4.78, 5) is 2.30. The van der Waals surface area contributed by atoms with E-state index in [-0.39, 0.29) is 11.8 Å². The predicted molar refractivity (Wildman–Crippen MR) is 100 cm³/mol. The van der Waals surface area contributed by atoms with Crippen molar-refractivity contribution in [3.63, 3.8) is 0 Å². The second-order valence-electron chi connectivity index (χ2n) is 6.19. The van der Waals surface area contributed by atoms with Crippen molar-refractivity contribution in [2.45, 2.75) is 12.4 Å². The van der Waals surface area contributed by atoms with Gasteiger partial charge in [0.05, 0.1) is 13.2 Å².